The maximum absolute atomic E-state index is 12.9. The van der Waals surface area contributed by atoms with Gasteiger partial charge in [-0.25, -0.2) is 8.42 Å². The van der Waals surface area contributed by atoms with Crippen molar-refractivity contribution in [2.45, 2.75) is 44.6 Å². The Hall–Kier alpha value is -1.89. The SMILES string of the molecule is Cc1ccc(C)c(C(C)NC(=O)C2CCCN(S(=O)(=O)c3ccc(Cl)cc3)C2)c1. The van der Waals surface area contributed by atoms with Crippen LogP contribution in [0, 0.1) is 19.8 Å². The lowest BCUT2D eigenvalue weighted by Crippen LogP contribution is -2.45. The van der Waals surface area contributed by atoms with Crippen LogP contribution in [0.3, 0.4) is 0 Å². The van der Waals surface area contributed by atoms with Crippen molar-refractivity contribution in [2.24, 2.45) is 5.92 Å². The molecule has 2 atom stereocenters. The summed E-state index contributed by atoms with van der Waals surface area (Å²) in [5.41, 5.74) is 3.35. The van der Waals surface area contributed by atoms with Crippen molar-refractivity contribution in [3.05, 3.63) is 64.2 Å². The van der Waals surface area contributed by atoms with Crippen molar-refractivity contribution in [3.63, 3.8) is 0 Å². The number of nitrogens with one attached hydrogen (secondary N) is 1. The average Bonchev–Trinajstić information content (AvgIpc) is 2.70. The normalized spacial score (nSPS) is 19.0. The van der Waals surface area contributed by atoms with Crippen molar-refractivity contribution in [1.82, 2.24) is 9.62 Å². The van der Waals surface area contributed by atoms with E-state index < -0.39 is 10.0 Å². The Kier molecular flexibility index (Phi) is 6.66. The van der Waals surface area contributed by atoms with E-state index in [9.17, 15) is 13.2 Å². The van der Waals surface area contributed by atoms with Gasteiger partial charge < -0.3 is 5.32 Å². The number of aryl methyl sites for hydroxylation is 2. The molecule has 3 rings (SSSR count). The molecule has 1 aliphatic heterocycles. The first-order valence-electron chi connectivity index (χ1n) is 9.81. The number of nitrogens with zero attached hydrogens (tertiary/aromatic N) is 1. The van der Waals surface area contributed by atoms with Crippen LogP contribution in [0.4, 0.5) is 0 Å². The summed E-state index contributed by atoms with van der Waals surface area (Å²) in [6, 6.07) is 12.2. The maximum Gasteiger partial charge on any atom is 0.243 e. The van der Waals surface area contributed by atoms with E-state index in [2.05, 4.69) is 11.4 Å². The highest BCUT2D eigenvalue weighted by atomic mass is 35.5. The van der Waals surface area contributed by atoms with Crippen LogP contribution >= 0.6 is 11.6 Å². The molecule has 0 radical (unpaired) electrons. The number of amides is 1. The summed E-state index contributed by atoms with van der Waals surface area (Å²) in [6.07, 6.45) is 1.33. The van der Waals surface area contributed by atoms with E-state index in [4.69, 9.17) is 11.6 Å². The van der Waals surface area contributed by atoms with Crippen LogP contribution in [0.1, 0.15) is 42.5 Å². The average molecular weight is 435 g/mol. The molecule has 1 fully saturated rings. The van der Waals surface area contributed by atoms with Crippen LogP contribution in [-0.4, -0.2) is 31.7 Å². The summed E-state index contributed by atoms with van der Waals surface area (Å²) >= 11 is 5.87. The number of piperidine rings is 1. The summed E-state index contributed by atoms with van der Waals surface area (Å²) < 4.78 is 27.3. The molecule has 1 N–H and O–H groups in total. The first-order chi connectivity index (χ1) is 13.7. The minimum Gasteiger partial charge on any atom is -0.349 e. The molecule has 0 spiro atoms. The summed E-state index contributed by atoms with van der Waals surface area (Å²) in [6.45, 7) is 6.62. The number of hydrogen-bond donors (Lipinski definition) is 1. The van der Waals surface area contributed by atoms with Crippen LogP contribution in [0.25, 0.3) is 0 Å². The smallest absolute Gasteiger partial charge is 0.243 e. The molecule has 29 heavy (non-hydrogen) atoms. The van der Waals surface area contributed by atoms with E-state index >= 15 is 0 Å². The monoisotopic (exact) mass is 434 g/mol. The Morgan fingerprint density at radius 1 is 1.17 bits per heavy atom. The van der Waals surface area contributed by atoms with Crippen molar-refractivity contribution in [1.29, 1.82) is 0 Å². The molecule has 1 aliphatic rings. The van der Waals surface area contributed by atoms with Crippen molar-refractivity contribution < 1.29 is 13.2 Å². The fraction of sp³-hybridized carbons (Fsp3) is 0.409. The Balaban J connectivity index is 1.70. The Bertz CT molecular complexity index is 990. The van der Waals surface area contributed by atoms with E-state index in [0.29, 0.717) is 24.4 Å². The number of benzene rings is 2. The number of hydrogen-bond acceptors (Lipinski definition) is 3. The van der Waals surface area contributed by atoms with E-state index in [1.54, 1.807) is 12.1 Å². The van der Waals surface area contributed by atoms with Gasteiger partial charge in [0, 0.05) is 18.1 Å². The Morgan fingerprint density at radius 3 is 2.55 bits per heavy atom. The highest BCUT2D eigenvalue weighted by Crippen LogP contribution is 2.26. The molecule has 156 valence electrons. The molecule has 2 unspecified atom stereocenters. The van der Waals surface area contributed by atoms with E-state index in [0.717, 1.165) is 16.7 Å². The molecule has 1 saturated heterocycles. The quantitative estimate of drug-likeness (QED) is 0.765. The molecule has 0 aliphatic carbocycles. The van der Waals surface area contributed by atoms with Gasteiger partial charge >= 0.3 is 0 Å². The topological polar surface area (TPSA) is 66.5 Å². The first kappa shape index (κ1) is 21.8. The van der Waals surface area contributed by atoms with Gasteiger partial charge in [-0.1, -0.05) is 35.4 Å². The van der Waals surface area contributed by atoms with Gasteiger partial charge in [0.2, 0.25) is 15.9 Å². The fourth-order valence-electron chi connectivity index (χ4n) is 3.77. The zero-order valence-corrected chi connectivity index (χ0v) is 18.6. The maximum atomic E-state index is 12.9. The highest BCUT2D eigenvalue weighted by molar-refractivity contribution is 7.89. The van der Waals surface area contributed by atoms with Gasteiger partial charge in [-0.2, -0.15) is 4.31 Å². The summed E-state index contributed by atoms with van der Waals surface area (Å²) in [5.74, 6) is -0.465. The van der Waals surface area contributed by atoms with Crippen molar-refractivity contribution >= 4 is 27.5 Å². The molecular formula is C22H27ClN2O3S. The molecule has 7 heteroatoms. The predicted octanol–water partition coefficient (Wildman–Crippen LogP) is 4.23. The van der Waals surface area contributed by atoms with Gasteiger partial charge in [-0.3, -0.25) is 4.79 Å². The largest absolute Gasteiger partial charge is 0.349 e. The minimum atomic E-state index is -3.64. The van der Waals surface area contributed by atoms with Crippen LogP contribution in [0.2, 0.25) is 5.02 Å². The van der Waals surface area contributed by atoms with Crippen molar-refractivity contribution in [2.75, 3.05) is 13.1 Å². The van der Waals surface area contributed by atoms with E-state index in [-0.39, 0.29) is 29.3 Å². The second-order valence-corrected chi connectivity index (χ2v) is 10.1. The molecule has 1 amide bonds. The first-order valence-corrected chi connectivity index (χ1v) is 11.6. The molecule has 1 heterocycles. The zero-order valence-electron chi connectivity index (χ0n) is 17.0. The standard InChI is InChI=1S/C22H27ClN2O3S/c1-15-6-7-16(2)21(13-15)17(3)24-22(26)18-5-4-12-25(14-18)29(27,28)20-10-8-19(23)9-11-20/h6-11,13,17-18H,4-5,12,14H2,1-3H3,(H,24,26). The number of carbonyl (C=O) groups excluding carboxylic acids is 1. The third-order valence-electron chi connectivity index (χ3n) is 5.47. The Morgan fingerprint density at radius 2 is 1.86 bits per heavy atom. The summed E-state index contributed by atoms with van der Waals surface area (Å²) in [7, 11) is -3.64. The fourth-order valence-corrected chi connectivity index (χ4v) is 5.42. The van der Waals surface area contributed by atoms with E-state index in [1.165, 1.54) is 16.4 Å². The molecule has 0 bridgehead atoms. The Labute approximate surface area is 178 Å². The van der Waals surface area contributed by atoms with Crippen LogP contribution < -0.4 is 5.32 Å². The summed E-state index contributed by atoms with van der Waals surface area (Å²) in [5, 5.41) is 3.56. The van der Waals surface area contributed by atoms with Crippen LogP contribution in [0.5, 0.6) is 0 Å². The molecular weight excluding hydrogens is 408 g/mol. The highest BCUT2D eigenvalue weighted by Gasteiger charge is 2.33. The second-order valence-electron chi connectivity index (χ2n) is 7.75. The third-order valence-corrected chi connectivity index (χ3v) is 7.60. The van der Waals surface area contributed by atoms with Crippen molar-refractivity contribution in [3.8, 4) is 0 Å². The lowest BCUT2D eigenvalue weighted by atomic mass is 9.96. The van der Waals surface area contributed by atoms with Gasteiger partial charge in [-0.05, 0) is 69.0 Å². The number of rotatable bonds is 5. The third kappa shape index (κ3) is 5.00. The number of halogens is 1. The van der Waals surface area contributed by atoms with Crippen LogP contribution in [-0.2, 0) is 14.8 Å². The van der Waals surface area contributed by atoms with Gasteiger partial charge in [0.25, 0.3) is 0 Å². The molecule has 0 aromatic heterocycles. The van der Waals surface area contributed by atoms with E-state index in [1.807, 2.05) is 32.9 Å². The molecule has 2 aromatic rings. The van der Waals surface area contributed by atoms with Gasteiger partial charge in [0.1, 0.15) is 0 Å². The lowest BCUT2D eigenvalue weighted by Gasteiger charge is -2.32. The minimum absolute atomic E-state index is 0.102. The van der Waals surface area contributed by atoms with Gasteiger partial charge in [-0.15, -0.1) is 0 Å². The molecule has 0 saturated carbocycles. The second kappa shape index (κ2) is 8.86. The van der Waals surface area contributed by atoms with Gasteiger partial charge in [0.05, 0.1) is 16.9 Å². The van der Waals surface area contributed by atoms with Gasteiger partial charge in [0.15, 0.2) is 0 Å². The summed E-state index contributed by atoms with van der Waals surface area (Å²) in [4.78, 5) is 13.1. The number of sulfonamides is 1. The zero-order chi connectivity index (χ0) is 21.2. The van der Waals surface area contributed by atoms with Crippen LogP contribution in [0.15, 0.2) is 47.4 Å². The predicted molar refractivity (Wildman–Crippen MR) is 115 cm³/mol. The molecule has 5 nitrogen and oxygen atoms in total. The number of carbonyl (C=O) groups is 1. The molecule has 2 aromatic carbocycles. The lowest BCUT2D eigenvalue weighted by molar-refractivity contribution is -0.126.